The average molecular weight is 511 g/mol. The number of ether oxygens (including phenoxy) is 1. The Kier molecular flexibility index (Phi) is 7.60. The number of para-hydroxylation sites is 1. The van der Waals surface area contributed by atoms with Crippen LogP contribution in [0.5, 0.6) is 5.75 Å². The monoisotopic (exact) mass is 510 g/mol. The molecule has 1 atom stereocenters. The van der Waals surface area contributed by atoms with E-state index in [2.05, 4.69) is 57.1 Å². The molecule has 1 aromatic heterocycles. The first-order valence-corrected chi connectivity index (χ1v) is 12.7. The molecule has 0 saturated heterocycles. The van der Waals surface area contributed by atoms with Crippen LogP contribution in [0.25, 0.3) is 11.0 Å². The number of rotatable bonds is 10. The minimum atomic E-state index is -0.846. The largest absolute Gasteiger partial charge is 0.423 e. The van der Waals surface area contributed by atoms with Gasteiger partial charge in [-0.2, -0.15) is 15.4 Å². The SMILES string of the molecule is COSC[C@H](NC(c1ccccc1)(c1ccccc1)c1ccccc1)C(=O)Oc1cccc2n[nH]nc12. The summed E-state index contributed by atoms with van der Waals surface area (Å²) in [6, 6.07) is 34.9. The van der Waals surface area contributed by atoms with E-state index >= 15 is 0 Å². The van der Waals surface area contributed by atoms with Crippen LogP contribution >= 0.6 is 12.0 Å². The number of aromatic nitrogens is 3. The fourth-order valence-electron chi connectivity index (χ4n) is 4.48. The first-order valence-electron chi connectivity index (χ1n) is 11.8. The molecule has 0 aliphatic carbocycles. The molecule has 5 rings (SSSR count). The van der Waals surface area contributed by atoms with Crippen LogP contribution in [-0.2, 0) is 14.5 Å². The standard InChI is InChI=1S/C29H26N4O3S/c1-35-37-20-25(28(34)36-26-19-11-18-24-27(26)32-33-31-24)30-29(21-12-5-2-6-13-21,22-14-7-3-8-15-22)23-16-9-4-10-17-23/h2-19,25,30H,20H2,1H3,(H,31,32,33)/t25-/m0/s1. The van der Waals surface area contributed by atoms with E-state index in [1.54, 1.807) is 25.3 Å². The van der Waals surface area contributed by atoms with Crippen molar-refractivity contribution < 1.29 is 13.7 Å². The van der Waals surface area contributed by atoms with Gasteiger partial charge in [-0.3, -0.25) is 5.32 Å². The Bertz CT molecular complexity index is 1350. The molecule has 186 valence electrons. The number of carbonyl (C=O) groups is 1. The highest BCUT2D eigenvalue weighted by Crippen LogP contribution is 2.37. The van der Waals surface area contributed by atoms with Gasteiger partial charge in [0.1, 0.15) is 11.6 Å². The summed E-state index contributed by atoms with van der Waals surface area (Å²) in [6.45, 7) is 0. The fourth-order valence-corrected chi connectivity index (χ4v) is 4.98. The van der Waals surface area contributed by atoms with E-state index in [-0.39, 0.29) is 0 Å². The van der Waals surface area contributed by atoms with Crippen LogP contribution in [0.1, 0.15) is 16.7 Å². The summed E-state index contributed by atoms with van der Waals surface area (Å²) in [4.78, 5) is 13.7. The van der Waals surface area contributed by atoms with Gasteiger partial charge in [0.25, 0.3) is 0 Å². The Labute approximate surface area is 219 Å². The van der Waals surface area contributed by atoms with Crippen LogP contribution < -0.4 is 10.1 Å². The second kappa shape index (κ2) is 11.4. The van der Waals surface area contributed by atoms with Crippen LogP contribution in [0.2, 0.25) is 0 Å². The highest BCUT2D eigenvalue weighted by molar-refractivity contribution is 7.94. The van der Waals surface area contributed by atoms with E-state index in [1.165, 1.54) is 12.0 Å². The number of H-pyrrole nitrogens is 1. The lowest BCUT2D eigenvalue weighted by Crippen LogP contribution is -2.54. The van der Waals surface area contributed by atoms with Crippen molar-refractivity contribution >= 4 is 29.0 Å². The molecule has 0 spiro atoms. The van der Waals surface area contributed by atoms with E-state index < -0.39 is 17.6 Å². The minimum absolute atomic E-state index is 0.318. The maximum Gasteiger partial charge on any atom is 0.329 e. The topological polar surface area (TPSA) is 89.1 Å². The summed E-state index contributed by atoms with van der Waals surface area (Å²) in [6.07, 6.45) is 0. The first kappa shape index (κ1) is 24.7. The highest BCUT2D eigenvalue weighted by Gasteiger charge is 2.40. The van der Waals surface area contributed by atoms with Gasteiger partial charge >= 0.3 is 5.97 Å². The van der Waals surface area contributed by atoms with Crippen LogP contribution in [0.4, 0.5) is 0 Å². The fraction of sp³-hybridized carbons (Fsp3) is 0.138. The van der Waals surface area contributed by atoms with Crippen molar-refractivity contribution in [2.24, 2.45) is 0 Å². The third-order valence-electron chi connectivity index (χ3n) is 6.17. The van der Waals surface area contributed by atoms with E-state index in [1.807, 2.05) is 54.6 Å². The minimum Gasteiger partial charge on any atom is -0.423 e. The lowest BCUT2D eigenvalue weighted by Gasteiger charge is -2.39. The van der Waals surface area contributed by atoms with Gasteiger partial charge < -0.3 is 8.92 Å². The predicted octanol–water partition coefficient (Wildman–Crippen LogP) is 5.11. The summed E-state index contributed by atoms with van der Waals surface area (Å²) >= 11 is 1.19. The number of benzene rings is 4. The number of esters is 1. The smallest absolute Gasteiger partial charge is 0.329 e. The summed E-state index contributed by atoms with van der Waals surface area (Å²) < 4.78 is 11.2. The highest BCUT2D eigenvalue weighted by atomic mass is 32.2. The number of nitrogens with zero attached hydrogens (tertiary/aromatic N) is 2. The van der Waals surface area contributed by atoms with Crippen molar-refractivity contribution in [2.75, 3.05) is 12.9 Å². The number of fused-ring (bicyclic) bond motifs is 1. The third kappa shape index (κ3) is 5.13. The number of hydrogen-bond donors (Lipinski definition) is 2. The average Bonchev–Trinajstić information content (AvgIpc) is 3.45. The van der Waals surface area contributed by atoms with E-state index in [9.17, 15) is 4.79 Å². The Hall–Kier alpha value is -3.98. The first-order chi connectivity index (χ1) is 18.2. The van der Waals surface area contributed by atoms with Gasteiger partial charge in [0.15, 0.2) is 11.3 Å². The van der Waals surface area contributed by atoms with Crippen molar-refractivity contribution in [3.05, 3.63) is 126 Å². The second-order valence-corrected chi connectivity index (χ2v) is 9.27. The normalized spacial score (nSPS) is 12.4. The predicted molar refractivity (Wildman–Crippen MR) is 145 cm³/mol. The molecule has 2 N–H and O–H groups in total. The molecule has 0 amide bonds. The molecular formula is C29H26N4O3S. The van der Waals surface area contributed by atoms with Gasteiger partial charge in [-0.1, -0.05) is 97.1 Å². The van der Waals surface area contributed by atoms with Crippen LogP contribution in [0.3, 0.4) is 0 Å². The van der Waals surface area contributed by atoms with Crippen molar-refractivity contribution in [1.29, 1.82) is 0 Å². The summed E-state index contributed by atoms with van der Waals surface area (Å²) in [7, 11) is 1.59. The Morgan fingerprint density at radius 2 is 1.41 bits per heavy atom. The maximum absolute atomic E-state index is 13.7. The Morgan fingerprint density at radius 1 is 0.838 bits per heavy atom. The third-order valence-corrected chi connectivity index (χ3v) is 6.87. The number of nitrogens with one attached hydrogen (secondary N) is 2. The number of carbonyl (C=O) groups excluding carboxylic acids is 1. The Morgan fingerprint density at radius 3 is 1.95 bits per heavy atom. The van der Waals surface area contributed by atoms with E-state index in [0.717, 1.165) is 16.7 Å². The van der Waals surface area contributed by atoms with Crippen molar-refractivity contribution in [2.45, 2.75) is 11.6 Å². The molecular weight excluding hydrogens is 484 g/mol. The summed E-state index contributed by atoms with van der Waals surface area (Å²) in [5, 5.41) is 14.5. The molecule has 0 unspecified atom stereocenters. The quantitative estimate of drug-likeness (QED) is 0.117. The number of aromatic amines is 1. The lowest BCUT2D eigenvalue weighted by molar-refractivity contribution is -0.136. The Balaban J connectivity index is 1.61. The molecule has 0 aliphatic rings. The molecule has 0 fully saturated rings. The van der Waals surface area contributed by atoms with Gasteiger partial charge in [-0.05, 0) is 40.9 Å². The van der Waals surface area contributed by atoms with Gasteiger partial charge in [-0.25, -0.2) is 4.79 Å². The van der Waals surface area contributed by atoms with Crippen molar-refractivity contribution in [3.8, 4) is 5.75 Å². The van der Waals surface area contributed by atoms with Gasteiger partial charge in [0, 0.05) is 5.75 Å². The van der Waals surface area contributed by atoms with Crippen LogP contribution in [0.15, 0.2) is 109 Å². The maximum atomic E-state index is 13.7. The second-order valence-electron chi connectivity index (χ2n) is 8.36. The molecule has 4 aromatic carbocycles. The van der Waals surface area contributed by atoms with Crippen LogP contribution in [0, 0.1) is 0 Å². The molecule has 8 heteroatoms. The van der Waals surface area contributed by atoms with Gasteiger partial charge in [-0.15, -0.1) is 0 Å². The molecule has 37 heavy (non-hydrogen) atoms. The van der Waals surface area contributed by atoms with E-state index in [0.29, 0.717) is 22.5 Å². The molecule has 0 aliphatic heterocycles. The molecule has 7 nitrogen and oxygen atoms in total. The number of hydrogen-bond acceptors (Lipinski definition) is 7. The van der Waals surface area contributed by atoms with Crippen molar-refractivity contribution in [3.63, 3.8) is 0 Å². The lowest BCUT2D eigenvalue weighted by atomic mass is 9.76. The van der Waals surface area contributed by atoms with Crippen LogP contribution in [-0.4, -0.2) is 40.3 Å². The van der Waals surface area contributed by atoms with Gasteiger partial charge in [0.2, 0.25) is 0 Å². The zero-order valence-corrected chi connectivity index (χ0v) is 21.0. The van der Waals surface area contributed by atoms with Gasteiger partial charge in [0.05, 0.1) is 12.6 Å². The van der Waals surface area contributed by atoms with E-state index in [4.69, 9.17) is 8.92 Å². The molecule has 0 radical (unpaired) electrons. The summed E-state index contributed by atoms with van der Waals surface area (Å²) in [5.41, 5.74) is 3.24. The zero-order valence-electron chi connectivity index (χ0n) is 20.2. The molecule has 0 saturated carbocycles. The summed E-state index contributed by atoms with van der Waals surface area (Å²) in [5.74, 6) is 0.209. The molecule has 1 heterocycles. The molecule has 0 bridgehead atoms. The zero-order chi connectivity index (χ0) is 25.5. The van der Waals surface area contributed by atoms with Crippen molar-refractivity contribution in [1.82, 2.24) is 20.7 Å². The molecule has 5 aromatic rings.